The van der Waals surface area contributed by atoms with E-state index in [4.69, 9.17) is 10.5 Å². The molecule has 2 N–H and O–H groups in total. The molecular formula is C16H20N2O2S. The number of carbonyl (C=O) groups excluding carboxylic acids is 1. The Hall–Kier alpha value is -2.01. The fourth-order valence-corrected chi connectivity index (χ4v) is 2.99. The Labute approximate surface area is 129 Å². The number of nitrogens with two attached hydrogens (primary N) is 1. The average Bonchev–Trinajstić information content (AvgIpc) is 2.99. The van der Waals surface area contributed by atoms with E-state index in [0.717, 1.165) is 12.1 Å². The van der Waals surface area contributed by atoms with Crippen molar-refractivity contribution in [2.45, 2.75) is 19.4 Å². The molecule has 5 heteroatoms. The van der Waals surface area contributed by atoms with Crippen molar-refractivity contribution in [1.29, 1.82) is 0 Å². The lowest BCUT2D eigenvalue weighted by Gasteiger charge is -2.27. The van der Waals surface area contributed by atoms with Gasteiger partial charge in [0.25, 0.3) is 0 Å². The van der Waals surface area contributed by atoms with Crippen LogP contribution in [-0.4, -0.2) is 26.2 Å². The molecule has 1 atom stereocenters. The molecule has 2 aromatic rings. The normalized spacial score (nSPS) is 12.0. The van der Waals surface area contributed by atoms with E-state index in [9.17, 15) is 4.79 Å². The highest BCUT2D eigenvalue weighted by Crippen LogP contribution is 2.24. The van der Waals surface area contributed by atoms with Gasteiger partial charge in [0.2, 0.25) is 0 Å². The van der Waals surface area contributed by atoms with Crippen molar-refractivity contribution in [2.24, 2.45) is 0 Å². The zero-order chi connectivity index (χ0) is 15.4. The lowest BCUT2D eigenvalue weighted by molar-refractivity contribution is 0.0602. The highest BCUT2D eigenvalue weighted by molar-refractivity contribution is 7.09. The van der Waals surface area contributed by atoms with Crippen LogP contribution in [0.2, 0.25) is 0 Å². The number of methoxy groups -OCH3 is 1. The second kappa shape index (κ2) is 6.63. The quantitative estimate of drug-likeness (QED) is 0.681. The molecule has 112 valence electrons. The largest absolute Gasteiger partial charge is 0.465 e. The fourth-order valence-electron chi connectivity index (χ4n) is 2.16. The van der Waals surface area contributed by atoms with E-state index in [1.807, 2.05) is 13.1 Å². The SMILES string of the molecule is COC(=O)c1cc(N(C)C(C)Cc2cccs2)ccc1N. The number of hydrogen-bond donors (Lipinski definition) is 1. The smallest absolute Gasteiger partial charge is 0.340 e. The minimum Gasteiger partial charge on any atom is -0.465 e. The van der Waals surface area contributed by atoms with Crippen molar-refractivity contribution in [1.82, 2.24) is 0 Å². The number of nitrogen functional groups attached to an aromatic ring is 1. The Bertz CT molecular complexity index is 611. The molecule has 0 radical (unpaired) electrons. The highest BCUT2D eigenvalue weighted by Gasteiger charge is 2.16. The van der Waals surface area contributed by atoms with Crippen molar-refractivity contribution >= 4 is 28.7 Å². The molecular weight excluding hydrogens is 284 g/mol. The van der Waals surface area contributed by atoms with Gasteiger partial charge in [-0.15, -0.1) is 11.3 Å². The van der Waals surface area contributed by atoms with Gasteiger partial charge >= 0.3 is 5.97 Å². The van der Waals surface area contributed by atoms with Gasteiger partial charge < -0.3 is 15.4 Å². The first-order valence-electron chi connectivity index (χ1n) is 6.76. The van der Waals surface area contributed by atoms with Crippen molar-refractivity contribution in [3.05, 3.63) is 46.2 Å². The summed E-state index contributed by atoms with van der Waals surface area (Å²) in [6, 6.07) is 9.97. The maximum Gasteiger partial charge on any atom is 0.340 e. The topological polar surface area (TPSA) is 55.6 Å². The van der Waals surface area contributed by atoms with E-state index >= 15 is 0 Å². The molecule has 0 saturated carbocycles. The number of hydrogen-bond acceptors (Lipinski definition) is 5. The first kappa shape index (κ1) is 15.4. The highest BCUT2D eigenvalue weighted by atomic mass is 32.1. The summed E-state index contributed by atoms with van der Waals surface area (Å²) < 4.78 is 4.76. The van der Waals surface area contributed by atoms with Crippen molar-refractivity contribution < 1.29 is 9.53 Å². The predicted octanol–water partition coefficient (Wildman–Crippen LogP) is 3.18. The molecule has 1 aromatic carbocycles. The molecule has 21 heavy (non-hydrogen) atoms. The van der Waals surface area contributed by atoms with E-state index in [0.29, 0.717) is 17.3 Å². The zero-order valence-corrected chi connectivity index (χ0v) is 13.3. The van der Waals surface area contributed by atoms with Gasteiger partial charge in [0.15, 0.2) is 0 Å². The molecule has 0 aliphatic rings. The first-order chi connectivity index (χ1) is 10.0. The van der Waals surface area contributed by atoms with Crippen LogP contribution in [0.5, 0.6) is 0 Å². The second-order valence-electron chi connectivity index (χ2n) is 5.01. The third kappa shape index (κ3) is 3.55. The van der Waals surface area contributed by atoms with Crippen LogP contribution in [0.25, 0.3) is 0 Å². The molecule has 4 nitrogen and oxygen atoms in total. The monoisotopic (exact) mass is 304 g/mol. The lowest BCUT2D eigenvalue weighted by Crippen LogP contribution is -2.30. The first-order valence-corrected chi connectivity index (χ1v) is 7.64. The molecule has 1 unspecified atom stereocenters. The molecule has 0 aliphatic heterocycles. The number of esters is 1. The Kier molecular flexibility index (Phi) is 4.85. The Balaban J connectivity index is 2.18. The molecule has 0 bridgehead atoms. The summed E-state index contributed by atoms with van der Waals surface area (Å²) in [6.45, 7) is 2.16. The number of thiophene rings is 1. The fraction of sp³-hybridized carbons (Fsp3) is 0.312. The van der Waals surface area contributed by atoms with Crippen LogP contribution >= 0.6 is 11.3 Å². The minimum absolute atomic E-state index is 0.317. The number of anilines is 2. The summed E-state index contributed by atoms with van der Waals surface area (Å²) >= 11 is 1.76. The molecule has 1 aromatic heterocycles. The van der Waals surface area contributed by atoms with Crippen LogP contribution in [0.15, 0.2) is 35.7 Å². The van der Waals surface area contributed by atoms with Gasteiger partial charge in [-0.2, -0.15) is 0 Å². The Morgan fingerprint density at radius 3 is 2.81 bits per heavy atom. The van der Waals surface area contributed by atoms with Gasteiger partial charge in [-0.3, -0.25) is 0 Å². The molecule has 0 saturated heterocycles. The van der Waals surface area contributed by atoms with Gasteiger partial charge in [-0.1, -0.05) is 6.07 Å². The maximum absolute atomic E-state index is 11.7. The summed E-state index contributed by atoms with van der Waals surface area (Å²) in [5.41, 5.74) is 7.63. The lowest BCUT2D eigenvalue weighted by atomic mass is 10.1. The Morgan fingerprint density at radius 1 is 1.43 bits per heavy atom. The Morgan fingerprint density at radius 2 is 2.19 bits per heavy atom. The molecule has 0 aliphatic carbocycles. The summed E-state index contributed by atoms with van der Waals surface area (Å²) in [5, 5.41) is 2.08. The van der Waals surface area contributed by atoms with E-state index < -0.39 is 5.97 Å². The van der Waals surface area contributed by atoms with Gasteiger partial charge in [0.1, 0.15) is 0 Å². The van der Waals surface area contributed by atoms with Gasteiger partial charge in [0, 0.05) is 35.8 Å². The number of likely N-dealkylation sites (N-methyl/N-ethyl adjacent to an activating group) is 1. The van der Waals surface area contributed by atoms with Crippen LogP contribution in [0.3, 0.4) is 0 Å². The van der Waals surface area contributed by atoms with Crippen molar-refractivity contribution in [3.63, 3.8) is 0 Å². The van der Waals surface area contributed by atoms with Gasteiger partial charge in [0.05, 0.1) is 12.7 Å². The van der Waals surface area contributed by atoms with E-state index in [2.05, 4.69) is 29.3 Å². The van der Waals surface area contributed by atoms with E-state index in [1.54, 1.807) is 23.5 Å². The van der Waals surface area contributed by atoms with E-state index in [-0.39, 0.29) is 0 Å². The average molecular weight is 304 g/mol. The van der Waals surface area contributed by atoms with E-state index in [1.165, 1.54) is 12.0 Å². The van der Waals surface area contributed by atoms with Crippen LogP contribution in [0, 0.1) is 0 Å². The third-order valence-electron chi connectivity index (χ3n) is 3.59. The summed E-state index contributed by atoms with van der Waals surface area (Å²) in [5.74, 6) is -0.409. The number of rotatable bonds is 5. The predicted molar refractivity (Wildman–Crippen MR) is 88.1 cm³/mol. The standard InChI is InChI=1S/C16H20N2O2S/c1-11(9-13-5-4-8-21-13)18(2)12-6-7-15(17)14(10-12)16(19)20-3/h4-8,10-11H,9,17H2,1-3H3. The van der Waals surface area contributed by atoms with Crippen LogP contribution in [0.4, 0.5) is 11.4 Å². The third-order valence-corrected chi connectivity index (χ3v) is 4.49. The molecule has 0 fully saturated rings. The minimum atomic E-state index is -0.409. The zero-order valence-electron chi connectivity index (χ0n) is 12.5. The summed E-state index contributed by atoms with van der Waals surface area (Å²) in [7, 11) is 3.38. The van der Waals surface area contributed by atoms with Crippen molar-refractivity contribution in [3.8, 4) is 0 Å². The second-order valence-corrected chi connectivity index (χ2v) is 6.04. The maximum atomic E-state index is 11.7. The molecule has 1 heterocycles. The number of nitrogens with zero attached hydrogens (tertiary/aromatic N) is 1. The molecule has 0 spiro atoms. The van der Waals surface area contributed by atoms with Crippen molar-refractivity contribution in [2.75, 3.05) is 24.8 Å². The summed E-state index contributed by atoms with van der Waals surface area (Å²) in [4.78, 5) is 15.2. The number of benzene rings is 1. The summed E-state index contributed by atoms with van der Waals surface area (Å²) in [6.07, 6.45) is 0.964. The number of carbonyl (C=O) groups is 1. The van der Waals surface area contributed by atoms with Crippen LogP contribution < -0.4 is 10.6 Å². The molecule has 0 amide bonds. The van der Waals surface area contributed by atoms with Crippen LogP contribution in [-0.2, 0) is 11.2 Å². The van der Waals surface area contributed by atoms with Gasteiger partial charge in [-0.05, 0) is 36.6 Å². The molecule has 2 rings (SSSR count). The van der Waals surface area contributed by atoms with Gasteiger partial charge in [-0.25, -0.2) is 4.79 Å². The number of ether oxygens (including phenoxy) is 1. The van der Waals surface area contributed by atoms with Crippen LogP contribution in [0.1, 0.15) is 22.2 Å².